The number of fused-ring (bicyclic) bond motifs is 1. The van der Waals surface area contributed by atoms with Gasteiger partial charge in [0.25, 0.3) is 0 Å². The Morgan fingerprint density at radius 2 is 2.10 bits per heavy atom. The summed E-state index contributed by atoms with van der Waals surface area (Å²) in [5, 5.41) is 18.3. The number of nitrogens with two attached hydrogens (primary N) is 1. The van der Waals surface area contributed by atoms with Gasteiger partial charge in [-0.15, -0.1) is 10.2 Å². The Balaban J connectivity index is 2.10. The fourth-order valence-electron chi connectivity index (χ4n) is 1.84. The molecule has 100 valence electrons. The molecule has 0 radical (unpaired) electrons. The molecule has 7 heteroatoms. The number of nitrogens with one attached hydrogen (secondary N) is 1. The van der Waals surface area contributed by atoms with Crippen molar-refractivity contribution in [3.05, 3.63) is 40.9 Å². The summed E-state index contributed by atoms with van der Waals surface area (Å²) in [6, 6.07) is 9.49. The van der Waals surface area contributed by atoms with Crippen LogP contribution in [0.25, 0.3) is 10.9 Å². The van der Waals surface area contributed by atoms with E-state index in [1.54, 1.807) is 0 Å². The van der Waals surface area contributed by atoms with Gasteiger partial charge in [0.05, 0.1) is 5.52 Å². The molecule has 0 aliphatic rings. The van der Waals surface area contributed by atoms with Crippen LogP contribution in [0.1, 0.15) is 10.6 Å². The maximum atomic E-state index is 7.71. The first-order valence-corrected chi connectivity index (χ1v) is 7.49. The number of para-hydroxylation sites is 1. The number of nitrogens with zero attached hydrogens (tertiary/aromatic N) is 3. The van der Waals surface area contributed by atoms with Crippen LogP contribution in [-0.4, -0.2) is 21.0 Å². The molecule has 0 bridgehead atoms. The van der Waals surface area contributed by atoms with Gasteiger partial charge < -0.3 is 5.73 Å². The van der Waals surface area contributed by atoms with Gasteiger partial charge in [-0.25, -0.2) is 4.98 Å². The molecule has 3 rings (SSSR count). The van der Waals surface area contributed by atoms with Crippen molar-refractivity contribution >= 4 is 39.8 Å². The summed E-state index contributed by atoms with van der Waals surface area (Å²) in [6.07, 6.45) is 0. The van der Waals surface area contributed by atoms with Gasteiger partial charge in [0.15, 0.2) is 4.34 Å². The first-order valence-electron chi connectivity index (χ1n) is 5.85. The van der Waals surface area contributed by atoms with Crippen molar-refractivity contribution in [1.29, 1.82) is 5.41 Å². The lowest BCUT2D eigenvalue weighted by Crippen LogP contribution is -2.12. The highest BCUT2D eigenvalue weighted by Crippen LogP contribution is 2.31. The molecular formula is C13H11N5S2. The number of hydrogen-bond acceptors (Lipinski definition) is 6. The minimum absolute atomic E-state index is 0.0406. The highest BCUT2D eigenvalue weighted by molar-refractivity contribution is 8.01. The van der Waals surface area contributed by atoms with Crippen LogP contribution in [0.5, 0.6) is 0 Å². The summed E-state index contributed by atoms with van der Waals surface area (Å²) in [5.74, 6) is 0.0406. The van der Waals surface area contributed by atoms with Crippen molar-refractivity contribution < 1.29 is 0 Å². The molecule has 20 heavy (non-hydrogen) atoms. The second-order valence-corrected chi connectivity index (χ2v) is 6.58. The van der Waals surface area contributed by atoms with Crippen LogP contribution in [0.2, 0.25) is 0 Å². The fourth-order valence-corrected chi connectivity index (χ4v) is 3.62. The van der Waals surface area contributed by atoms with E-state index >= 15 is 0 Å². The molecule has 0 atom stereocenters. The summed E-state index contributed by atoms with van der Waals surface area (Å²) in [4.78, 5) is 4.57. The molecule has 0 spiro atoms. The molecule has 0 saturated carbocycles. The molecule has 0 aliphatic heterocycles. The van der Waals surface area contributed by atoms with E-state index in [2.05, 4.69) is 15.2 Å². The van der Waals surface area contributed by atoms with Crippen LogP contribution in [-0.2, 0) is 0 Å². The Morgan fingerprint density at radius 3 is 2.80 bits per heavy atom. The molecule has 5 nitrogen and oxygen atoms in total. The normalized spacial score (nSPS) is 10.8. The van der Waals surface area contributed by atoms with Crippen LogP contribution in [0.3, 0.4) is 0 Å². The number of aryl methyl sites for hydroxylation is 1. The first-order chi connectivity index (χ1) is 9.63. The van der Waals surface area contributed by atoms with Gasteiger partial charge in [-0.05, 0) is 30.8 Å². The predicted octanol–water partition coefficient (Wildman–Crippen LogP) is 2.83. The van der Waals surface area contributed by atoms with Crippen LogP contribution >= 0.6 is 23.1 Å². The third-order valence-electron chi connectivity index (χ3n) is 2.68. The third kappa shape index (κ3) is 2.50. The summed E-state index contributed by atoms with van der Waals surface area (Å²) in [5.41, 5.74) is 7.18. The second kappa shape index (κ2) is 5.18. The van der Waals surface area contributed by atoms with E-state index < -0.39 is 0 Å². The van der Waals surface area contributed by atoms with Gasteiger partial charge in [0.1, 0.15) is 15.9 Å². The van der Waals surface area contributed by atoms with E-state index in [0.29, 0.717) is 5.56 Å². The van der Waals surface area contributed by atoms with Gasteiger partial charge in [-0.3, -0.25) is 5.41 Å². The highest BCUT2D eigenvalue weighted by atomic mass is 32.2. The molecule has 2 heterocycles. The van der Waals surface area contributed by atoms with Crippen LogP contribution in [0.15, 0.2) is 39.7 Å². The average Bonchev–Trinajstić information content (AvgIpc) is 2.83. The Bertz CT molecular complexity index is 796. The van der Waals surface area contributed by atoms with Crippen molar-refractivity contribution in [2.45, 2.75) is 16.3 Å². The number of hydrogen-bond donors (Lipinski definition) is 2. The van der Waals surface area contributed by atoms with E-state index in [9.17, 15) is 0 Å². The van der Waals surface area contributed by atoms with Crippen LogP contribution in [0, 0.1) is 12.3 Å². The number of rotatable bonds is 3. The first kappa shape index (κ1) is 13.0. The molecule has 2 aromatic heterocycles. The number of aromatic nitrogens is 3. The Hall–Kier alpha value is -1.99. The van der Waals surface area contributed by atoms with Crippen LogP contribution < -0.4 is 5.73 Å². The zero-order valence-electron chi connectivity index (χ0n) is 10.6. The molecule has 3 N–H and O–H groups in total. The Morgan fingerprint density at radius 1 is 1.30 bits per heavy atom. The maximum Gasteiger partial charge on any atom is 0.180 e. The highest BCUT2D eigenvalue weighted by Gasteiger charge is 2.10. The zero-order valence-corrected chi connectivity index (χ0v) is 12.3. The van der Waals surface area contributed by atoms with Gasteiger partial charge in [0, 0.05) is 10.9 Å². The van der Waals surface area contributed by atoms with E-state index in [0.717, 1.165) is 25.3 Å². The van der Waals surface area contributed by atoms with Gasteiger partial charge >= 0.3 is 0 Å². The van der Waals surface area contributed by atoms with Crippen molar-refractivity contribution in [2.24, 2.45) is 5.73 Å². The predicted molar refractivity (Wildman–Crippen MR) is 81.5 cm³/mol. The summed E-state index contributed by atoms with van der Waals surface area (Å²) < 4.78 is 0.833. The largest absolute Gasteiger partial charge is 0.384 e. The number of pyridine rings is 1. The van der Waals surface area contributed by atoms with E-state index in [1.807, 2.05) is 37.3 Å². The summed E-state index contributed by atoms with van der Waals surface area (Å²) in [6.45, 7) is 1.91. The quantitative estimate of drug-likeness (QED) is 0.573. The second-order valence-electron chi connectivity index (χ2n) is 4.13. The Kier molecular flexibility index (Phi) is 3.37. The molecule has 3 aromatic rings. The SMILES string of the molecule is Cc1nnc(Sc2cc(C(=N)N)c3ccccc3n2)s1. The van der Waals surface area contributed by atoms with Crippen molar-refractivity contribution in [1.82, 2.24) is 15.2 Å². The van der Waals surface area contributed by atoms with E-state index in [4.69, 9.17) is 11.1 Å². The van der Waals surface area contributed by atoms with Gasteiger partial charge in [-0.2, -0.15) is 0 Å². The third-order valence-corrected chi connectivity index (χ3v) is 4.49. The van der Waals surface area contributed by atoms with Crippen molar-refractivity contribution in [3.63, 3.8) is 0 Å². The lowest BCUT2D eigenvalue weighted by atomic mass is 10.1. The Labute approximate surface area is 123 Å². The molecule has 0 fully saturated rings. The van der Waals surface area contributed by atoms with Crippen LogP contribution in [0.4, 0.5) is 0 Å². The summed E-state index contributed by atoms with van der Waals surface area (Å²) in [7, 11) is 0. The average molecular weight is 301 g/mol. The fraction of sp³-hybridized carbons (Fsp3) is 0.0769. The maximum absolute atomic E-state index is 7.71. The molecule has 0 saturated heterocycles. The topological polar surface area (TPSA) is 88.5 Å². The molecule has 0 unspecified atom stereocenters. The molecule has 0 amide bonds. The number of amidine groups is 1. The van der Waals surface area contributed by atoms with Gasteiger partial charge in [0.2, 0.25) is 0 Å². The van der Waals surface area contributed by atoms with Gasteiger partial charge in [-0.1, -0.05) is 29.5 Å². The smallest absolute Gasteiger partial charge is 0.180 e. The van der Waals surface area contributed by atoms with Crippen molar-refractivity contribution in [3.8, 4) is 0 Å². The zero-order chi connectivity index (χ0) is 14.1. The number of benzene rings is 1. The molecule has 1 aromatic carbocycles. The van der Waals surface area contributed by atoms with Crippen molar-refractivity contribution in [2.75, 3.05) is 0 Å². The lowest BCUT2D eigenvalue weighted by molar-refractivity contribution is 0.981. The minimum Gasteiger partial charge on any atom is -0.384 e. The lowest BCUT2D eigenvalue weighted by Gasteiger charge is -2.06. The molecule has 0 aliphatic carbocycles. The minimum atomic E-state index is 0.0406. The molecular weight excluding hydrogens is 290 g/mol. The van der Waals surface area contributed by atoms with E-state index in [-0.39, 0.29) is 5.84 Å². The monoisotopic (exact) mass is 301 g/mol. The number of nitrogen functional groups attached to an aromatic ring is 1. The standard InChI is InChI=1S/C13H11N5S2/c1-7-17-18-13(19-7)20-11-6-9(12(14)15)8-4-2-3-5-10(8)16-11/h2-6H,1H3,(H3,14,15). The summed E-state index contributed by atoms with van der Waals surface area (Å²) >= 11 is 2.95. The van der Waals surface area contributed by atoms with E-state index in [1.165, 1.54) is 23.1 Å².